The Morgan fingerprint density at radius 2 is 2.11 bits per heavy atom. The van der Waals surface area contributed by atoms with Gasteiger partial charge in [0.15, 0.2) is 5.82 Å². The number of hydrogen-bond donors (Lipinski definition) is 0. The van der Waals surface area contributed by atoms with E-state index in [0.29, 0.717) is 0 Å². The highest BCUT2D eigenvalue weighted by molar-refractivity contribution is 5.30. The number of hydrogen-bond acceptors (Lipinski definition) is 2. The van der Waals surface area contributed by atoms with Crippen molar-refractivity contribution in [2.45, 2.75) is 0 Å². The zero-order valence-electron chi connectivity index (χ0n) is 4.46. The van der Waals surface area contributed by atoms with Gasteiger partial charge in [-0.3, -0.25) is 0 Å². The topological polar surface area (TPSA) is 16.1 Å². The molecule has 0 saturated carbocycles. The summed E-state index contributed by atoms with van der Waals surface area (Å²) in [5, 5.41) is -1.03. The Morgan fingerprint density at radius 3 is 2.44 bits per heavy atom. The van der Waals surface area contributed by atoms with E-state index in [1.807, 2.05) is 0 Å². The third kappa shape index (κ3) is 1.35. The summed E-state index contributed by atoms with van der Waals surface area (Å²) >= 11 is 0. The molecule has 0 spiro atoms. The normalized spacial score (nSPS) is 9.11. The molecule has 0 aliphatic carbocycles. The molecule has 0 amide bonds. The molecule has 0 saturated heterocycles. The van der Waals surface area contributed by atoms with Gasteiger partial charge in [0.1, 0.15) is 0 Å². The van der Waals surface area contributed by atoms with Crippen molar-refractivity contribution in [3.05, 3.63) is 24.4 Å². The van der Waals surface area contributed by atoms with Gasteiger partial charge in [-0.1, -0.05) is 15.0 Å². The Balaban J connectivity index is 2.85. The van der Waals surface area contributed by atoms with Crippen molar-refractivity contribution in [3.63, 3.8) is 0 Å². The molecule has 0 radical (unpaired) electrons. The van der Waals surface area contributed by atoms with Gasteiger partial charge in [-0.15, -0.1) is 0 Å². The van der Waals surface area contributed by atoms with Crippen molar-refractivity contribution < 1.29 is 8.96 Å². The molecule has 1 aromatic rings. The highest BCUT2D eigenvalue weighted by Gasteiger charge is 1.99. The van der Waals surface area contributed by atoms with Crippen molar-refractivity contribution in [1.29, 1.82) is 0 Å². The van der Waals surface area contributed by atoms with Crippen LogP contribution in [0.3, 0.4) is 0 Å². The average molecular weight is 130 g/mol. The molecular weight excluding hydrogens is 126 g/mol. The van der Waals surface area contributed by atoms with Gasteiger partial charge < -0.3 is 0 Å². The molecule has 0 atom stereocenters. The maximum atomic E-state index is 11.5. The Kier molecular flexibility index (Phi) is 1.58. The van der Waals surface area contributed by atoms with E-state index in [9.17, 15) is 8.96 Å². The van der Waals surface area contributed by atoms with Crippen LogP contribution in [0.1, 0.15) is 0 Å². The van der Waals surface area contributed by atoms with Crippen LogP contribution in [-0.2, 0) is 0 Å². The van der Waals surface area contributed by atoms with Crippen LogP contribution in [0.5, 0.6) is 0 Å². The first-order valence-electron chi connectivity index (χ1n) is 2.33. The second-order valence-electron chi connectivity index (χ2n) is 1.42. The standard InChI is InChI=1S/C5H4F2N2/c6-9(7)5-3-1-2-4-8-5/h1-4H. The van der Waals surface area contributed by atoms with E-state index in [1.54, 1.807) is 6.07 Å². The molecule has 1 heterocycles. The van der Waals surface area contributed by atoms with E-state index < -0.39 is 5.34 Å². The molecule has 0 aliphatic rings. The molecule has 0 aliphatic heterocycles. The van der Waals surface area contributed by atoms with Crippen molar-refractivity contribution in [2.24, 2.45) is 0 Å². The first kappa shape index (κ1) is 5.94. The number of rotatable bonds is 1. The smallest absolute Gasteiger partial charge is 0.193 e. The fourth-order valence-corrected chi connectivity index (χ4v) is 0.454. The summed E-state index contributed by atoms with van der Waals surface area (Å²) < 4.78 is 23.1. The molecule has 0 bridgehead atoms. The van der Waals surface area contributed by atoms with Crippen LogP contribution in [0, 0.1) is 0 Å². The van der Waals surface area contributed by atoms with Gasteiger partial charge in [0, 0.05) is 6.20 Å². The third-order valence-electron chi connectivity index (χ3n) is 0.822. The lowest BCUT2D eigenvalue weighted by molar-refractivity contribution is 0.231. The van der Waals surface area contributed by atoms with Crippen LogP contribution in [0.15, 0.2) is 24.4 Å². The van der Waals surface area contributed by atoms with E-state index >= 15 is 0 Å². The molecule has 0 unspecified atom stereocenters. The fourth-order valence-electron chi connectivity index (χ4n) is 0.454. The van der Waals surface area contributed by atoms with Crippen LogP contribution in [0.2, 0.25) is 0 Å². The summed E-state index contributed by atoms with van der Waals surface area (Å²) in [6.45, 7) is 0. The van der Waals surface area contributed by atoms with E-state index in [4.69, 9.17) is 0 Å². The zero-order chi connectivity index (χ0) is 6.69. The summed E-state index contributed by atoms with van der Waals surface area (Å²) in [5.41, 5.74) is 0. The number of pyridine rings is 1. The molecule has 4 heteroatoms. The van der Waals surface area contributed by atoms with Gasteiger partial charge in [-0.05, 0) is 17.5 Å². The largest absolute Gasteiger partial charge is 0.234 e. The monoisotopic (exact) mass is 130 g/mol. The lowest BCUT2D eigenvalue weighted by Crippen LogP contribution is -1.96. The number of halogens is 2. The third-order valence-corrected chi connectivity index (χ3v) is 0.822. The van der Waals surface area contributed by atoms with Gasteiger partial charge in [-0.25, -0.2) is 4.98 Å². The summed E-state index contributed by atoms with van der Waals surface area (Å²) in [5.74, 6) is -0.336. The van der Waals surface area contributed by atoms with Gasteiger partial charge in [0.05, 0.1) is 0 Å². The van der Waals surface area contributed by atoms with Crippen LogP contribution in [0.25, 0.3) is 0 Å². The number of aromatic nitrogens is 1. The lowest BCUT2D eigenvalue weighted by atomic mass is 10.5. The molecule has 1 aromatic heterocycles. The van der Waals surface area contributed by atoms with Gasteiger partial charge in [-0.2, -0.15) is 0 Å². The molecule has 2 nitrogen and oxygen atoms in total. The van der Waals surface area contributed by atoms with Crippen molar-refractivity contribution in [2.75, 3.05) is 5.34 Å². The minimum atomic E-state index is -1.03. The Bertz CT molecular complexity index is 176. The fraction of sp³-hybridized carbons (Fsp3) is 0. The molecule has 1 rings (SSSR count). The summed E-state index contributed by atoms with van der Waals surface area (Å²) in [6, 6.07) is 4.29. The second-order valence-corrected chi connectivity index (χ2v) is 1.42. The Hall–Kier alpha value is -1.19. The van der Waals surface area contributed by atoms with E-state index in [1.165, 1.54) is 18.3 Å². The van der Waals surface area contributed by atoms with Crippen LogP contribution in [-0.4, -0.2) is 4.98 Å². The lowest BCUT2D eigenvalue weighted by Gasteiger charge is -1.96. The highest BCUT2D eigenvalue weighted by Crippen LogP contribution is 2.08. The van der Waals surface area contributed by atoms with Crippen molar-refractivity contribution >= 4 is 5.82 Å². The zero-order valence-corrected chi connectivity index (χ0v) is 4.46. The predicted molar refractivity (Wildman–Crippen MR) is 28.9 cm³/mol. The van der Waals surface area contributed by atoms with Crippen LogP contribution in [0.4, 0.5) is 14.8 Å². The summed E-state index contributed by atoms with van der Waals surface area (Å²) in [7, 11) is 0. The maximum absolute atomic E-state index is 11.5. The average Bonchev–Trinajstić information content (AvgIpc) is 1.90. The van der Waals surface area contributed by atoms with E-state index in [-0.39, 0.29) is 5.82 Å². The highest BCUT2D eigenvalue weighted by atomic mass is 19.4. The van der Waals surface area contributed by atoms with Gasteiger partial charge >= 0.3 is 0 Å². The minimum absolute atomic E-state index is 0.336. The summed E-state index contributed by atoms with van der Waals surface area (Å²) in [6.07, 6.45) is 1.31. The summed E-state index contributed by atoms with van der Waals surface area (Å²) in [4.78, 5) is 3.35. The molecule has 48 valence electrons. The minimum Gasteiger partial charge on any atom is -0.234 e. The van der Waals surface area contributed by atoms with Gasteiger partial charge in [0.2, 0.25) is 0 Å². The molecular formula is C5H4F2N2. The van der Waals surface area contributed by atoms with E-state index in [0.717, 1.165) is 0 Å². The number of nitrogens with zero attached hydrogens (tertiary/aromatic N) is 2. The Labute approximate surface area is 50.6 Å². The van der Waals surface area contributed by atoms with Crippen LogP contribution < -0.4 is 5.34 Å². The first-order chi connectivity index (χ1) is 4.30. The number of anilines is 1. The Morgan fingerprint density at radius 1 is 1.33 bits per heavy atom. The quantitative estimate of drug-likeness (QED) is 0.537. The maximum Gasteiger partial charge on any atom is 0.193 e. The molecule has 0 fully saturated rings. The second kappa shape index (κ2) is 2.39. The van der Waals surface area contributed by atoms with Crippen molar-refractivity contribution in [3.8, 4) is 0 Å². The molecule has 0 aromatic carbocycles. The van der Waals surface area contributed by atoms with Crippen LogP contribution >= 0.6 is 0 Å². The first-order valence-corrected chi connectivity index (χ1v) is 2.33. The van der Waals surface area contributed by atoms with Crippen molar-refractivity contribution in [1.82, 2.24) is 4.98 Å². The molecule has 0 N–H and O–H groups in total. The van der Waals surface area contributed by atoms with E-state index in [2.05, 4.69) is 4.98 Å². The molecule has 9 heavy (non-hydrogen) atoms. The van der Waals surface area contributed by atoms with Gasteiger partial charge in [0.25, 0.3) is 0 Å². The SMILES string of the molecule is FN(F)c1ccccn1. The predicted octanol–water partition coefficient (Wildman–Crippen LogP) is 1.66.